The minimum Gasteiger partial charge on any atom is -0.493 e. The molecule has 2 aromatic carbocycles. The SMILES string of the molecule is COc1ccc(Nc2cc(C(=O)Nc3cccc(C)c3)ccn2)cc1OC. The van der Waals surface area contributed by atoms with Crippen LogP contribution in [0.4, 0.5) is 17.2 Å². The largest absolute Gasteiger partial charge is 0.493 e. The fourth-order valence-electron chi connectivity index (χ4n) is 2.63. The molecule has 27 heavy (non-hydrogen) atoms. The monoisotopic (exact) mass is 363 g/mol. The van der Waals surface area contributed by atoms with E-state index in [0.717, 1.165) is 16.9 Å². The number of benzene rings is 2. The van der Waals surface area contributed by atoms with E-state index in [4.69, 9.17) is 9.47 Å². The van der Waals surface area contributed by atoms with Gasteiger partial charge in [0.2, 0.25) is 0 Å². The van der Waals surface area contributed by atoms with Gasteiger partial charge in [-0.05, 0) is 48.9 Å². The quantitative estimate of drug-likeness (QED) is 0.679. The number of carbonyl (C=O) groups excluding carboxylic acids is 1. The second-order valence-corrected chi connectivity index (χ2v) is 5.95. The minimum absolute atomic E-state index is 0.196. The lowest BCUT2D eigenvalue weighted by molar-refractivity contribution is 0.102. The van der Waals surface area contributed by atoms with Crippen LogP contribution in [0.3, 0.4) is 0 Å². The number of aryl methyl sites for hydroxylation is 1. The van der Waals surface area contributed by atoms with Gasteiger partial charge in [0.25, 0.3) is 5.91 Å². The molecule has 0 aliphatic carbocycles. The van der Waals surface area contributed by atoms with Crippen LogP contribution in [0.5, 0.6) is 11.5 Å². The van der Waals surface area contributed by atoms with E-state index in [1.54, 1.807) is 44.7 Å². The number of hydrogen-bond acceptors (Lipinski definition) is 5. The second-order valence-electron chi connectivity index (χ2n) is 5.95. The van der Waals surface area contributed by atoms with Crippen LogP contribution in [-0.4, -0.2) is 25.1 Å². The molecule has 3 aromatic rings. The molecule has 0 bridgehead atoms. The van der Waals surface area contributed by atoms with Crippen LogP contribution < -0.4 is 20.1 Å². The summed E-state index contributed by atoms with van der Waals surface area (Å²) in [5.41, 5.74) is 3.12. The number of rotatable bonds is 6. The zero-order valence-corrected chi connectivity index (χ0v) is 15.4. The summed E-state index contributed by atoms with van der Waals surface area (Å²) in [6.07, 6.45) is 1.59. The normalized spacial score (nSPS) is 10.2. The van der Waals surface area contributed by atoms with Gasteiger partial charge in [-0.15, -0.1) is 0 Å². The second kappa shape index (κ2) is 8.23. The number of pyridine rings is 1. The Morgan fingerprint density at radius 2 is 1.74 bits per heavy atom. The van der Waals surface area contributed by atoms with Crippen molar-refractivity contribution in [1.29, 1.82) is 0 Å². The minimum atomic E-state index is -0.196. The Balaban J connectivity index is 1.76. The topological polar surface area (TPSA) is 72.5 Å². The standard InChI is InChI=1S/C21H21N3O3/c1-14-5-4-6-16(11-14)24-21(25)15-9-10-22-20(12-15)23-17-7-8-18(26-2)19(13-17)27-3/h4-13H,1-3H3,(H,22,23)(H,24,25). The summed E-state index contributed by atoms with van der Waals surface area (Å²) < 4.78 is 10.5. The number of aromatic nitrogens is 1. The van der Waals surface area contributed by atoms with Gasteiger partial charge < -0.3 is 20.1 Å². The molecule has 0 saturated heterocycles. The predicted octanol–water partition coefficient (Wildman–Crippen LogP) is 4.40. The van der Waals surface area contributed by atoms with Crippen LogP contribution in [0, 0.1) is 6.92 Å². The summed E-state index contributed by atoms with van der Waals surface area (Å²) in [6, 6.07) is 16.5. The number of nitrogens with zero attached hydrogens (tertiary/aromatic N) is 1. The first-order chi connectivity index (χ1) is 13.1. The first-order valence-electron chi connectivity index (χ1n) is 8.42. The van der Waals surface area contributed by atoms with Gasteiger partial charge in [-0.2, -0.15) is 0 Å². The van der Waals surface area contributed by atoms with Crippen molar-refractivity contribution in [3.63, 3.8) is 0 Å². The summed E-state index contributed by atoms with van der Waals surface area (Å²) in [5.74, 6) is 1.61. The molecule has 3 rings (SSSR count). The van der Waals surface area contributed by atoms with Gasteiger partial charge in [-0.25, -0.2) is 4.98 Å². The third-order valence-corrected chi connectivity index (χ3v) is 3.95. The van der Waals surface area contributed by atoms with Crippen molar-refractivity contribution in [2.24, 2.45) is 0 Å². The van der Waals surface area contributed by atoms with E-state index in [0.29, 0.717) is 22.9 Å². The molecule has 2 N–H and O–H groups in total. The molecule has 0 saturated carbocycles. The molecule has 0 radical (unpaired) electrons. The van der Waals surface area contributed by atoms with Crippen molar-refractivity contribution in [1.82, 2.24) is 4.98 Å². The molecule has 1 amide bonds. The fourth-order valence-corrected chi connectivity index (χ4v) is 2.63. The van der Waals surface area contributed by atoms with Gasteiger partial charge in [0.1, 0.15) is 5.82 Å². The molecule has 0 fully saturated rings. The smallest absolute Gasteiger partial charge is 0.255 e. The van der Waals surface area contributed by atoms with Gasteiger partial charge in [-0.1, -0.05) is 12.1 Å². The highest BCUT2D eigenvalue weighted by atomic mass is 16.5. The van der Waals surface area contributed by atoms with Crippen molar-refractivity contribution in [3.8, 4) is 11.5 Å². The van der Waals surface area contributed by atoms with E-state index < -0.39 is 0 Å². The van der Waals surface area contributed by atoms with Crippen molar-refractivity contribution in [3.05, 3.63) is 71.9 Å². The summed E-state index contributed by atoms with van der Waals surface area (Å²) in [6.45, 7) is 1.98. The molecule has 0 atom stereocenters. The number of carbonyl (C=O) groups is 1. The Bertz CT molecular complexity index is 957. The van der Waals surface area contributed by atoms with Gasteiger partial charge >= 0.3 is 0 Å². The summed E-state index contributed by atoms with van der Waals surface area (Å²) >= 11 is 0. The maximum Gasteiger partial charge on any atom is 0.255 e. The fraction of sp³-hybridized carbons (Fsp3) is 0.143. The Hall–Kier alpha value is -3.54. The number of nitrogens with one attached hydrogen (secondary N) is 2. The highest BCUT2D eigenvalue weighted by molar-refractivity contribution is 6.04. The molecule has 6 heteroatoms. The molecule has 138 valence electrons. The van der Waals surface area contributed by atoms with E-state index in [1.807, 2.05) is 37.3 Å². The molecule has 6 nitrogen and oxygen atoms in total. The van der Waals surface area contributed by atoms with Crippen LogP contribution in [0.1, 0.15) is 15.9 Å². The van der Waals surface area contributed by atoms with Gasteiger partial charge in [0.05, 0.1) is 14.2 Å². The van der Waals surface area contributed by atoms with E-state index in [-0.39, 0.29) is 5.91 Å². The van der Waals surface area contributed by atoms with E-state index in [2.05, 4.69) is 15.6 Å². The lowest BCUT2D eigenvalue weighted by atomic mass is 10.2. The molecule has 0 spiro atoms. The Morgan fingerprint density at radius 1 is 0.926 bits per heavy atom. The van der Waals surface area contributed by atoms with Crippen LogP contribution in [0.2, 0.25) is 0 Å². The van der Waals surface area contributed by atoms with Crippen molar-refractivity contribution < 1.29 is 14.3 Å². The van der Waals surface area contributed by atoms with Gasteiger partial charge in [-0.3, -0.25) is 4.79 Å². The first kappa shape index (κ1) is 18.3. The molecular weight excluding hydrogens is 342 g/mol. The van der Waals surface area contributed by atoms with Crippen LogP contribution in [-0.2, 0) is 0 Å². The summed E-state index contributed by atoms with van der Waals surface area (Å²) in [5, 5.41) is 6.06. The average Bonchev–Trinajstić information content (AvgIpc) is 2.68. The highest BCUT2D eigenvalue weighted by Crippen LogP contribution is 2.30. The Labute approximate surface area is 158 Å². The number of anilines is 3. The van der Waals surface area contributed by atoms with E-state index >= 15 is 0 Å². The van der Waals surface area contributed by atoms with Gasteiger partial charge in [0.15, 0.2) is 11.5 Å². The Morgan fingerprint density at radius 3 is 2.48 bits per heavy atom. The Kier molecular flexibility index (Phi) is 5.56. The zero-order valence-electron chi connectivity index (χ0n) is 15.4. The number of methoxy groups -OCH3 is 2. The lowest BCUT2D eigenvalue weighted by Crippen LogP contribution is -2.12. The van der Waals surface area contributed by atoms with Crippen LogP contribution >= 0.6 is 0 Å². The van der Waals surface area contributed by atoms with E-state index in [9.17, 15) is 4.79 Å². The highest BCUT2D eigenvalue weighted by Gasteiger charge is 2.09. The maximum atomic E-state index is 12.5. The van der Waals surface area contributed by atoms with Crippen molar-refractivity contribution in [2.45, 2.75) is 6.92 Å². The zero-order chi connectivity index (χ0) is 19.2. The lowest BCUT2D eigenvalue weighted by Gasteiger charge is -2.11. The van der Waals surface area contributed by atoms with Crippen LogP contribution in [0.15, 0.2) is 60.8 Å². The van der Waals surface area contributed by atoms with Crippen molar-refractivity contribution in [2.75, 3.05) is 24.9 Å². The number of amides is 1. The maximum absolute atomic E-state index is 12.5. The summed E-state index contributed by atoms with van der Waals surface area (Å²) in [4.78, 5) is 16.8. The molecular formula is C21H21N3O3. The van der Waals surface area contributed by atoms with E-state index in [1.165, 1.54) is 0 Å². The summed E-state index contributed by atoms with van der Waals surface area (Å²) in [7, 11) is 3.17. The number of hydrogen-bond donors (Lipinski definition) is 2. The average molecular weight is 363 g/mol. The first-order valence-corrected chi connectivity index (χ1v) is 8.42. The van der Waals surface area contributed by atoms with Crippen LogP contribution in [0.25, 0.3) is 0 Å². The van der Waals surface area contributed by atoms with Gasteiger partial charge in [0, 0.05) is 29.2 Å². The molecule has 0 aliphatic heterocycles. The van der Waals surface area contributed by atoms with Crippen molar-refractivity contribution >= 4 is 23.1 Å². The third kappa shape index (κ3) is 4.55. The number of ether oxygens (including phenoxy) is 2. The predicted molar refractivity (Wildman–Crippen MR) is 106 cm³/mol. The molecule has 1 aromatic heterocycles. The molecule has 0 aliphatic rings. The molecule has 1 heterocycles. The third-order valence-electron chi connectivity index (χ3n) is 3.95. The molecule has 0 unspecified atom stereocenters.